The molecule has 35 heavy (non-hydrogen) atoms. The minimum Gasteiger partial charge on any atom is -0.488 e. The molecule has 1 aromatic carbocycles. The molecule has 0 spiro atoms. The van der Waals surface area contributed by atoms with E-state index in [2.05, 4.69) is 15.3 Å². The highest BCUT2D eigenvalue weighted by molar-refractivity contribution is 7.90. The third-order valence-electron chi connectivity index (χ3n) is 5.70. The first-order valence-corrected chi connectivity index (χ1v) is 13.1. The fraction of sp³-hybridized carbons (Fsp3) is 0.320. The Hall–Kier alpha value is -3.34. The van der Waals surface area contributed by atoms with Crippen molar-refractivity contribution in [2.24, 2.45) is 5.92 Å². The Labute approximate surface area is 204 Å². The summed E-state index contributed by atoms with van der Waals surface area (Å²) in [5.41, 5.74) is 3.43. The van der Waals surface area contributed by atoms with Crippen LogP contribution in [-0.4, -0.2) is 60.2 Å². The van der Waals surface area contributed by atoms with Crippen molar-refractivity contribution in [2.75, 3.05) is 19.5 Å². The van der Waals surface area contributed by atoms with E-state index in [1.54, 1.807) is 13.0 Å². The number of nitrogens with one attached hydrogen (secondary N) is 2. The molecule has 0 radical (unpaired) electrons. The fourth-order valence-electron chi connectivity index (χ4n) is 3.76. The molecule has 3 aromatic rings. The number of rotatable bonds is 9. The molecule has 0 fully saturated rings. The van der Waals surface area contributed by atoms with Gasteiger partial charge in [0.25, 0.3) is 0 Å². The quantitative estimate of drug-likeness (QED) is 0.353. The van der Waals surface area contributed by atoms with Crippen molar-refractivity contribution < 1.29 is 28.1 Å². The molecule has 186 valence electrons. The summed E-state index contributed by atoms with van der Waals surface area (Å²) < 4.78 is 35.1. The van der Waals surface area contributed by atoms with Gasteiger partial charge in [-0.2, -0.15) is 0 Å². The van der Waals surface area contributed by atoms with Crippen LogP contribution in [0.5, 0.6) is 17.2 Å². The highest BCUT2D eigenvalue weighted by Crippen LogP contribution is 2.34. The number of aromatic amines is 1. The van der Waals surface area contributed by atoms with Gasteiger partial charge in [-0.25, -0.2) is 13.4 Å². The second-order valence-electron chi connectivity index (χ2n) is 8.66. The summed E-state index contributed by atoms with van der Waals surface area (Å²) in [6.45, 7) is 3.71. The average molecular weight is 500 g/mol. The summed E-state index contributed by atoms with van der Waals surface area (Å²) in [5, 5.41) is 22.3. The molecular weight excluding hydrogens is 470 g/mol. The predicted molar refractivity (Wildman–Crippen MR) is 132 cm³/mol. The molecule has 0 aliphatic carbocycles. The Morgan fingerprint density at radius 2 is 1.80 bits per heavy atom. The Morgan fingerprint density at radius 1 is 1.06 bits per heavy atom. The van der Waals surface area contributed by atoms with Crippen LogP contribution in [0.15, 0.2) is 59.8 Å². The Morgan fingerprint density at radius 3 is 2.43 bits per heavy atom. The molecule has 0 saturated heterocycles. The van der Waals surface area contributed by atoms with Crippen LogP contribution < -0.4 is 14.8 Å². The number of nitrogens with zero attached hydrogens (tertiary/aromatic N) is 1. The van der Waals surface area contributed by atoms with Crippen molar-refractivity contribution in [3.8, 4) is 28.5 Å². The van der Waals surface area contributed by atoms with Crippen molar-refractivity contribution >= 4 is 15.5 Å². The van der Waals surface area contributed by atoms with Gasteiger partial charge in [-0.15, -0.1) is 0 Å². The fourth-order valence-corrected chi connectivity index (χ4v) is 4.32. The van der Waals surface area contributed by atoms with Crippen LogP contribution in [0.25, 0.3) is 17.0 Å². The summed E-state index contributed by atoms with van der Waals surface area (Å²) in [5.74, 6) is 1.38. The van der Waals surface area contributed by atoms with E-state index in [9.17, 15) is 18.6 Å². The minimum atomic E-state index is -3.41. The normalized spacial score (nSPS) is 18.6. The van der Waals surface area contributed by atoms with Crippen molar-refractivity contribution in [1.29, 1.82) is 0 Å². The molecule has 3 atom stereocenters. The third-order valence-corrected chi connectivity index (χ3v) is 6.70. The van der Waals surface area contributed by atoms with E-state index in [1.807, 2.05) is 37.3 Å². The maximum Gasteiger partial charge on any atom is 0.192 e. The number of ether oxygens (including phenoxy) is 2. The van der Waals surface area contributed by atoms with Gasteiger partial charge in [0.05, 0.1) is 30.8 Å². The summed E-state index contributed by atoms with van der Waals surface area (Å²) in [4.78, 5) is 7.36. The molecule has 0 saturated carbocycles. The lowest BCUT2D eigenvalue weighted by Crippen LogP contribution is -2.26. The van der Waals surface area contributed by atoms with Gasteiger partial charge < -0.3 is 30.0 Å². The van der Waals surface area contributed by atoms with Crippen molar-refractivity contribution in [2.45, 2.75) is 31.0 Å². The summed E-state index contributed by atoms with van der Waals surface area (Å²) in [6.07, 6.45) is 4.05. The van der Waals surface area contributed by atoms with Crippen LogP contribution in [0.1, 0.15) is 19.5 Å². The van der Waals surface area contributed by atoms with Crippen molar-refractivity contribution in [3.63, 3.8) is 0 Å². The Kier molecular flexibility index (Phi) is 7.15. The lowest BCUT2D eigenvalue weighted by molar-refractivity contribution is 0.129. The molecular formula is C25H29N3O6S. The number of benzene rings is 1. The number of pyridine rings is 1. The third kappa shape index (κ3) is 5.84. The SMILES string of the molecule is C[C@@H]1NC(c2ccc(-c3cc(Oc4ccc(S(C)(=O)=O)nc4)cc(O[C@@H](C)CO)c3)[nH]2)=C[C@H]1CO. The first-order chi connectivity index (χ1) is 16.7. The summed E-state index contributed by atoms with van der Waals surface area (Å²) in [6, 6.07) is 12.3. The highest BCUT2D eigenvalue weighted by Gasteiger charge is 2.24. The maximum atomic E-state index is 11.7. The molecule has 10 heteroatoms. The van der Waals surface area contributed by atoms with E-state index in [4.69, 9.17) is 9.47 Å². The lowest BCUT2D eigenvalue weighted by atomic mass is 10.1. The molecule has 2 aromatic heterocycles. The van der Waals surface area contributed by atoms with Crippen molar-refractivity contribution in [1.82, 2.24) is 15.3 Å². The average Bonchev–Trinajstić information content (AvgIpc) is 3.45. The van der Waals surface area contributed by atoms with E-state index in [-0.39, 0.29) is 30.2 Å². The minimum absolute atomic E-state index is 0.0362. The van der Waals surface area contributed by atoms with Crippen LogP contribution in [0.2, 0.25) is 0 Å². The van der Waals surface area contributed by atoms with Gasteiger partial charge in [0.1, 0.15) is 23.4 Å². The molecule has 0 amide bonds. The van der Waals surface area contributed by atoms with Gasteiger partial charge in [-0.05, 0) is 50.2 Å². The highest BCUT2D eigenvalue weighted by atomic mass is 32.2. The lowest BCUT2D eigenvalue weighted by Gasteiger charge is -2.15. The molecule has 1 aliphatic rings. The molecule has 1 aliphatic heterocycles. The molecule has 0 unspecified atom stereocenters. The van der Waals surface area contributed by atoms with Gasteiger partial charge >= 0.3 is 0 Å². The molecule has 3 heterocycles. The van der Waals surface area contributed by atoms with E-state index < -0.39 is 15.9 Å². The second-order valence-corrected chi connectivity index (χ2v) is 10.6. The van der Waals surface area contributed by atoms with Gasteiger partial charge in [0, 0.05) is 35.5 Å². The monoisotopic (exact) mass is 499 g/mol. The maximum absolute atomic E-state index is 11.7. The van der Waals surface area contributed by atoms with Crippen LogP contribution in [0, 0.1) is 5.92 Å². The molecule has 9 nitrogen and oxygen atoms in total. The number of aliphatic hydroxyl groups is 2. The van der Waals surface area contributed by atoms with E-state index in [0.717, 1.165) is 28.9 Å². The topological polar surface area (TPSA) is 134 Å². The van der Waals surface area contributed by atoms with Gasteiger partial charge in [-0.1, -0.05) is 6.08 Å². The Bertz CT molecular complexity index is 1320. The zero-order chi connectivity index (χ0) is 25.2. The van der Waals surface area contributed by atoms with E-state index >= 15 is 0 Å². The summed E-state index contributed by atoms with van der Waals surface area (Å²) >= 11 is 0. The van der Waals surface area contributed by atoms with Crippen LogP contribution >= 0.6 is 0 Å². The zero-order valence-corrected chi connectivity index (χ0v) is 20.5. The number of hydrogen-bond donors (Lipinski definition) is 4. The second kappa shape index (κ2) is 10.1. The number of hydrogen-bond acceptors (Lipinski definition) is 8. The zero-order valence-electron chi connectivity index (χ0n) is 19.7. The number of aromatic nitrogens is 2. The van der Waals surface area contributed by atoms with Gasteiger partial charge in [0.2, 0.25) is 0 Å². The number of sulfone groups is 1. The predicted octanol–water partition coefficient (Wildman–Crippen LogP) is 2.97. The first kappa shape index (κ1) is 24.8. The molecule has 4 rings (SSSR count). The van der Waals surface area contributed by atoms with Crippen LogP contribution in [-0.2, 0) is 9.84 Å². The largest absolute Gasteiger partial charge is 0.488 e. The summed E-state index contributed by atoms with van der Waals surface area (Å²) in [7, 11) is -3.41. The van der Waals surface area contributed by atoms with Gasteiger partial charge in [0.15, 0.2) is 14.9 Å². The van der Waals surface area contributed by atoms with Crippen molar-refractivity contribution in [3.05, 3.63) is 60.4 Å². The number of aliphatic hydroxyl groups excluding tert-OH is 2. The number of H-pyrrole nitrogens is 1. The standard InChI is InChI=1S/C25H29N3O6S/c1-15(13-29)33-20-8-17(22-5-6-23(28-22)24-10-18(14-30)16(2)27-24)9-21(11-20)34-19-4-7-25(26-12-19)35(3,31)32/h4-12,15-16,18,27-30H,13-14H2,1-3H3/t15-,16-,18-/m0/s1. The Balaban J connectivity index is 1.64. The molecule has 4 N–H and O–H groups in total. The first-order valence-electron chi connectivity index (χ1n) is 11.2. The van der Waals surface area contributed by atoms with Crippen LogP contribution in [0.3, 0.4) is 0 Å². The van der Waals surface area contributed by atoms with E-state index in [0.29, 0.717) is 17.2 Å². The molecule has 0 bridgehead atoms. The smallest absolute Gasteiger partial charge is 0.192 e. The van der Waals surface area contributed by atoms with E-state index in [1.165, 1.54) is 18.3 Å². The van der Waals surface area contributed by atoms with Crippen LogP contribution in [0.4, 0.5) is 0 Å². The van der Waals surface area contributed by atoms with Gasteiger partial charge in [-0.3, -0.25) is 0 Å².